The van der Waals surface area contributed by atoms with Crippen LogP contribution in [0.1, 0.15) is 18.9 Å². The molecule has 1 aromatic carbocycles. The Balaban J connectivity index is 1.84. The summed E-state index contributed by atoms with van der Waals surface area (Å²) in [7, 11) is 0. The van der Waals surface area contributed by atoms with Gasteiger partial charge in [-0.1, -0.05) is 48.6 Å². The molecule has 0 aliphatic heterocycles. The van der Waals surface area contributed by atoms with E-state index in [0.717, 1.165) is 12.0 Å². The predicted molar refractivity (Wildman–Crippen MR) is 67.5 cm³/mol. The molecule has 88 valence electrons. The van der Waals surface area contributed by atoms with Crippen molar-refractivity contribution in [2.75, 3.05) is 0 Å². The van der Waals surface area contributed by atoms with Gasteiger partial charge in [-0.2, -0.15) is 0 Å². The van der Waals surface area contributed by atoms with E-state index in [2.05, 4.69) is 0 Å². The first-order chi connectivity index (χ1) is 8.25. The molecule has 0 N–H and O–H groups in total. The molecule has 2 nitrogen and oxygen atoms in total. The Morgan fingerprint density at radius 3 is 2.71 bits per heavy atom. The molecule has 2 rings (SSSR count). The molecular weight excluding hydrogens is 212 g/mol. The van der Waals surface area contributed by atoms with E-state index in [1.54, 1.807) is 6.92 Å². The summed E-state index contributed by atoms with van der Waals surface area (Å²) in [6.45, 7) is 2.19. The average Bonchev–Trinajstić information content (AvgIpc) is 2.38. The van der Waals surface area contributed by atoms with Gasteiger partial charge in [0.05, 0.1) is 12.7 Å². The van der Waals surface area contributed by atoms with Gasteiger partial charge in [0.1, 0.15) is 0 Å². The minimum Gasteiger partial charge on any atom is -0.369 e. The maximum Gasteiger partial charge on any atom is 0.159 e. The van der Waals surface area contributed by atoms with Gasteiger partial charge in [0.15, 0.2) is 5.78 Å². The third-order valence-electron chi connectivity index (χ3n) is 2.77. The van der Waals surface area contributed by atoms with Crippen LogP contribution in [0.2, 0.25) is 0 Å². The number of carbonyl (C=O) groups excluding carboxylic acids is 1. The minimum atomic E-state index is 0.0818. The van der Waals surface area contributed by atoms with E-state index in [1.165, 1.54) is 5.56 Å². The van der Waals surface area contributed by atoms with Crippen LogP contribution < -0.4 is 0 Å². The van der Waals surface area contributed by atoms with Crippen molar-refractivity contribution in [1.29, 1.82) is 0 Å². The first-order valence-corrected chi connectivity index (χ1v) is 5.80. The highest BCUT2D eigenvalue weighted by Gasteiger charge is 2.11. The summed E-state index contributed by atoms with van der Waals surface area (Å²) in [6, 6.07) is 10.1. The zero-order valence-electron chi connectivity index (χ0n) is 9.93. The van der Waals surface area contributed by atoms with Crippen LogP contribution in [0.4, 0.5) is 0 Å². The van der Waals surface area contributed by atoms with Crippen molar-refractivity contribution in [1.82, 2.24) is 0 Å². The summed E-state index contributed by atoms with van der Waals surface area (Å²) in [6.07, 6.45) is 6.61. The van der Waals surface area contributed by atoms with Gasteiger partial charge < -0.3 is 4.74 Å². The summed E-state index contributed by atoms with van der Waals surface area (Å²) in [5, 5.41) is 0. The van der Waals surface area contributed by atoms with Crippen molar-refractivity contribution < 1.29 is 9.53 Å². The molecule has 1 atom stereocenters. The molecule has 17 heavy (non-hydrogen) atoms. The van der Waals surface area contributed by atoms with Crippen molar-refractivity contribution >= 4 is 5.78 Å². The van der Waals surface area contributed by atoms with Gasteiger partial charge in [0.2, 0.25) is 0 Å². The van der Waals surface area contributed by atoms with Crippen molar-refractivity contribution in [3.8, 4) is 0 Å². The number of benzene rings is 1. The van der Waals surface area contributed by atoms with Crippen molar-refractivity contribution in [2.24, 2.45) is 0 Å². The van der Waals surface area contributed by atoms with E-state index in [-0.39, 0.29) is 11.9 Å². The average molecular weight is 228 g/mol. The largest absolute Gasteiger partial charge is 0.369 e. The topological polar surface area (TPSA) is 26.3 Å². The lowest BCUT2D eigenvalue weighted by molar-refractivity contribution is -0.113. The van der Waals surface area contributed by atoms with Gasteiger partial charge in [-0.3, -0.25) is 4.79 Å². The fourth-order valence-corrected chi connectivity index (χ4v) is 1.76. The van der Waals surface area contributed by atoms with E-state index >= 15 is 0 Å². The molecule has 0 radical (unpaired) electrons. The van der Waals surface area contributed by atoms with Gasteiger partial charge in [0.25, 0.3) is 0 Å². The van der Waals surface area contributed by atoms with Gasteiger partial charge in [-0.15, -0.1) is 0 Å². The first kappa shape index (κ1) is 11.8. The van der Waals surface area contributed by atoms with Gasteiger partial charge in [-0.25, -0.2) is 0 Å². The zero-order valence-corrected chi connectivity index (χ0v) is 9.93. The quantitative estimate of drug-likeness (QED) is 0.791. The lowest BCUT2D eigenvalue weighted by atomic mass is 10.0. The zero-order chi connectivity index (χ0) is 12.1. The van der Waals surface area contributed by atoms with Crippen LogP contribution in [0.15, 0.2) is 54.1 Å². The van der Waals surface area contributed by atoms with Crippen molar-refractivity contribution in [3.63, 3.8) is 0 Å². The molecule has 0 heterocycles. The number of hydrogen-bond donors (Lipinski definition) is 0. The van der Waals surface area contributed by atoms with E-state index in [0.29, 0.717) is 6.61 Å². The molecule has 0 saturated carbocycles. The Bertz CT molecular complexity index is 443. The smallest absolute Gasteiger partial charge is 0.159 e. The Labute approximate surface area is 102 Å². The van der Waals surface area contributed by atoms with Crippen LogP contribution >= 0.6 is 0 Å². The summed E-state index contributed by atoms with van der Waals surface area (Å²) in [4.78, 5) is 11.1. The molecule has 0 aromatic heterocycles. The van der Waals surface area contributed by atoms with Gasteiger partial charge in [-0.05, 0) is 18.9 Å². The molecule has 1 unspecified atom stereocenters. The maximum absolute atomic E-state index is 11.1. The molecule has 0 saturated heterocycles. The Hall–Kier alpha value is -1.67. The van der Waals surface area contributed by atoms with Crippen LogP contribution in [-0.4, -0.2) is 11.9 Å². The molecule has 1 aliphatic rings. The third-order valence-corrected chi connectivity index (χ3v) is 2.77. The fraction of sp³-hybridized carbons (Fsp3) is 0.267. The SMILES string of the molecule is CC(=O)C1=CCC(OCc2ccccc2)C=C1. The molecule has 0 amide bonds. The van der Waals surface area contributed by atoms with Crippen LogP contribution in [0.3, 0.4) is 0 Å². The van der Waals surface area contributed by atoms with Crippen LogP contribution in [0.25, 0.3) is 0 Å². The van der Waals surface area contributed by atoms with Crippen LogP contribution in [0.5, 0.6) is 0 Å². The Morgan fingerprint density at radius 1 is 1.35 bits per heavy atom. The van der Waals surface area contributed by atoms with E-state index in [9.17, 15) is 4.79 Å². The van der Waals surface area contributed by atoms with Gasteiger partial charge >= 0.3 is 0 Å². The highest BCUT2D eigenvalue weighted by molar-refractivity contribution is 5.96. The second kappa shape index (κ2) is 5.60. The predicted octanol–water partition coefficient (Wildman–Crippen LogP) is 3.05. The lowest BCUT2D eigenvalue weighted by Crippen LogP contribution is -2.13. The Kier molecular flexibility index (Phi) is 3.89. The molecule has 0 spiro atoms. The third kappa shape index (κ3) is 3.40. The standard InChI is InChI=1S/C15H16O2/c1-12(16)14-7-9-15(10-8-14)17-11-13-5-3-2-4-6-13/h2-9,15H,10-11H2,1H3. The van der Waals surface area contributed by atoms with E-state index in [1.807, 2.05) is 48.6 Å². The van der Waals surface area contributed by atoms with Gasteiger partial charge in [0, 0.05) is 5.57 Å². The van der Waals surface area contributed by atoms with E-state index in [4.69, 9.17) is 4.74 Å². The number of rotatable bonds is 4. The summed E-state index contributed by atoms with van der Waals surface area (Å²) in [5.74, 6) is 0.114. The number of Topliss-reactive ketones (excluding diaryl/α,β-unsaturated/α-hetero) is 1. The lowest BCUT2D eigenvalue weighted by Gasteiger charge is -2.16. The molecule has 1 aromatic rings. The number of ether oxygens (including phenoxy) is 1. The molecule has 0 bridgehead atoms. The number of hydrogen-bond acceptors (Lipinski definition) is 2. The van der Waals surface area contributed by atoms with Crippen LogP contribution in [0, 0.1) is 0 Å². The molecule has 0 fully saturated rings. The van der Waals surface area contributed by atoms with E-state index < -0.39 is 0 Å². The summed E-state index contributed by atoms with van der Waals surface area (Å²) < 4.78 is 5.75. The summed E-state index contributed by atoms with van der Waals surface area (Å²) >= 11 is 0. The number of allylic oxidation sites excluding steroid dienone is 2. The Morgan fingerprint density at radius 2 is 2.12 bits per heavy atom. The minimum absolute atomic E-state index is 0.0818. The van der Waals surface area contributed by atoms with Crippen LogP contribution in [-0.2, 0) is 16.1 Å². The van der Waals surface area contributed by atoms with Crippen molar-refractivity contribution in [2.45, 2.75) is 26.1 Å². The first-order valence-electron chi connectivity index (χ1n) is 5.80. The number of carbonyl (C=O) groups is 1. The monoisotopic (exact) mass is 228 g/mol. The fourth-order valence-electron chi connectivity index (χ4n) is 1.76. The molecule has 2 heteroatoms. The summed E-state index contributed by atoms with van der Waals surface area (Å²) in [5.41, 5.74) is 1.95. The number of ketones is 1. The molecular formula is C15H16O2. The normalized spacial score (nSPS) is 18.9. The highest BCUT2D eigenvalue weighted by atomic mass is 16.5. The second-order valence-corrected chi connectivity index (χ2v) is 4.15. The molecule has 1 aliphatic carbocycles. The highest BCUT2D eigenvalue weighted by Crippen LogP contribution is 2.15. The maximum atomic E-state index is 11.1. The van der Waals surface area contributed by atoms with Crippen molar-refractivity contribution in [3.05, 3.63) is 59.7 Å². The second-order valence-electron chi connectivity index (χ2n) is 4.15.